The second-order valence-electron chi connectivity index (χ2n) is 7.38. The number of amides is 1. The predicted molar refractivity (Wildman–Crippen MR) is 89.1 cm³/mol. The lowest BCUT2D eigenvalue weighted by atomic mass is 9.91. The van der Waals surface area contributed by atoms with Crippen molar-refractivity contribution in [3.8, 4) is 0 Å². The Hall–Kier alpha value is -1.79. The Morgan fingerprint density at radius 3 is 2.50 bits per heavy atom. The molecule has 0 aliphatic carbocycles. The van der Waals surface area contributed by atoms with Gasteiger partial charge >= 0.3 is 0 Å². The lowest BCUT2D eigenvalue weighted by Gasteiger charge is -2.37. The maximum atomic E-state index is 14.9. The van der Waals surface area contributed by atoms with E-state index < -0.39 is 16.9 Å². The van der Waals surface area contributed by atoms with Crippen LogP contribution in [0.25, 0.3) is 0 Å². The summed E-state index contributed by atoms with van der Waals surface area (Å²) in [6.45, 7) is 7.91. The number of nitrogens with one attached hydrogen (secondary N) is 1. The number of carbonyl (C=O) groups is 1. The van der Waals surface area contributed by atoms with Gasteiger partial charge in [-0.1, -0.05) is 27.7 Å². The molecule has 1 saturated heterocycles. The van der Waals surface area contributed by atoms with E-state index in [1.54, 1.807) is 25.7 Å². The molecule has 5 nitrogen and oxygen atoms in total. The first-order chi connectivity index (χ1) is 11.2. The highest BCUT2D eigenvalue weighted by atomic mass is 19.1. The van der Waals surface area contributed by atoms with Crippen LogP contribution in [0.1, 0.15) is 46.2 Å². The Labute approximate surface area is 141 Å². The molecule has 1 aromatic heterocycles. The summed E-state index contributed by atoms with van der Waals surface area (Å²) in [5.41, 5.74) is -1.64. The molecule has 2 heterocycles. The van der Waals surface area contributed by atoms with Crippen LogP contribution in [0.5, 0.6) is 0 Å². The first-order valence-corrected chi connectivity index (χ1v) is 8.38. The molecule has 1 aromatic rings. The molecule has 0 bridgehead atoms. The lowest BCUT2D eigenvalue weighted by Crippen LogP contribution is -2.50. The van der Waals surface area contributed by atoms with Crippen molar-refractivity contribution in [2.75, 3.05) is 24.5 Å². The summed E-state index contributed by atoms with van der Waals surface area (Å²) in [6.07, 6.45) is 2.28. The van der Waals surface area contributed by atoms with Gasteiger partial charge in [-0.05, 0) is 6.42 Å². The number of anilines is 1. The van der Waals surface area contributed by atoms with Crippen LogP contribution in [0.3, 0.4) is 0 Å². The minimum Gasteiger partial charge on any atom is -0.354 e. The van der Waals surface area contributed by atoms with Gasteiger partial charge in [0, 0.05) is 31.3 Å². The second kappa shape index (κ2) is 6.99. The van der Waals surface area contributed by atoms with Gasteiger partial charge in [0.15, 0.2) is 11.6 Å². The Kier molecular flexibility index (Phi) is 5.40. The van der Waals surface area contributed by atoms with Crippen LogP contribution < -0.4 is 10.2 Å². The van der Waals surface area contributed by atoms with Crippen LogP contribution in [-0.2, 0) is 11.2 Å². The summed E-state index contributed by atoms with van der Waals surface area (Å²) < 4.78 is 29.2. The van der Waals surface area contributed by atoms with Crippen LogP contribution >= 0.6 is 0 Å². The molecule has 0 atom stereocenters. The summed E-state index contributed by atoms with van der Waals surface area (Å²) in [5, 5.41) is 2.68. The molecule has 2 rings (SSSR count). The highest BCUT2D eigenvalue weighted by Gasteiger charge is 2.37. The average Bonchev–Trinajstić information content (AvgIpc) is 2.53. The van der Waals surface area contributed by atoms with Crippen molar-refractivity contribution < 1.29 is 13.6 Å². The topological polar surface area (TPSA) is 58.1 Å². The normalized spacial score (nSPS) is 17.7. The molecular weight excluding hydrogens is 314 g/mol. The van der Waals surface area contributed by atoms with Crippen LogP contribution in [0.15, 0.2) is 6.33 Å². The monoisotopic (exact) mass is 340 g/mol. The van der Waals surface area contributed by atoms with E-state index >= 15 is 0 Å². The number of rotatable bonds is 4. The van der Waals surface area contributed by atoms with Gasteiger partial charge < -0.3 is 10.2 Å². The van der Waals surface area contributed by atoms with Gasteiger partial charge in [0.05, 0.1) is 12.2 Å². The van der Waals surface area contributed by atoms with Crippen molar-refractivity contribution in [3.63, 3.8) is 0 Å². The van der Waals surface area contributed by atoms with Crippen molar-refractivity contribution in [3.05, 3.63) is 17.8 Å². The summed E-state index contributed by atoms with van der Waals surface area (Å²) in [4.78, 5) is 21.6. The zero-order chi connectivity index (χ0) is 18.0. The fourth-order valence-electron chi connectivity index (χ4n) is 2.66. The van der Waals surface area contributed by atoms with Crippen molar-refractivity contribution in [2.24, 2.45) is 5.41 Å². The number of alkyl halides is 1. The Bertz CT molecular complexity index is 593. The van der Waals surface area contributed by atoms with Crippen LogP contribution in [0.4, 0.5) is 14.6 Å². The number of nitrogens with zero attached hydrogens (tertiary/aromatic N) is 3. The molecule has 24 heavy (non-hydrogen) atoms. The molecule has 0 saturated carbocycles. The molecule has 1 aliphatic heterocycles. The molecule has 1 fully saturated rings. The molecule has 1 N–H and O–H groups in total. The zero-order valence-electron chi connectivity index (χ0n) is 14.8. The molecule has 0 aromatic carbocycles. The molecule has 134 valence electrons. The zero-order valence-corrected chi connectivity index (χ0v) is 14.8. The van der Waals surface area contributed by atoms with Gasteiger partial charge in [-0.3, -0.25) is 4.79 Å². The number of hydrogen-bond donors (Lipinski definition) is 1. The van der Waals surface area contributed by atoms with Gasteiger partial charge in [-0.2, -0.15) is 0 Å². The van der Waals surface area contributed by atoms with Crippen molar-refractivity contribution in [2.45, 2.75) is 52.6 Å². The van der Waals surface area contributed by atoms with Gasteiger partial charge in [0.2, 0.25) is 5.91 Å². The number of carbonyl (C=O) groups excluding carboxylic acids is 1. The van der Waals surface area contributed by atoms with E-state index in [1.807, 2.05) is 6.92 Å². The molecular formula is C17H26F2N4O. The Balaban J connectivity index is 1.97. The highest BCUT2D eigenvalue weighted by molar-refractivity contribution is 5.81. The van der Waals surface area contributed by atoms with E-state index in [0.29, 0.717) is 25.2 Å². The van der Waals surface area contributed by atoms with E-state index in [0.717, 1.165) is 0 Å². The van der Waals surface area contributed by atoms with Crippen LogP contribution in [0, 0.1) is 11.2 Å². The van der Waals surface area contributed by atoms with Gasteiger partial charge in [0.1, 0.15) is 12.0 Å². The molecule has 1 amide bonds. The third kappa shape index (κ3) is 4.19. The molecule has 0 radical (unpaired) electrons. The first kappa shape index (κ1) is 18.5. The SMILES string of the molecule is CCc1ncnc(N2CCC(F)(CNC(=O)C(C)(C)C)CC2)c1F. The largest absolute Gasteiger partial charge is 0.354 e. The van der Waals surface area contributed by atoms with E-state index in [9.17, 15) is 13.6 Å². The van der Waals surface area contributed by atoms with E-state index in [1.165, 1.54) is 6.33 Å². The number of hydrogen-bond acceptors (Lipinski definition) is 4. The van der Waals surface area contributed by atoms with Gasteiger partial charge in [-0.15, -0.1) is 0 Å². The predicted octanol–water partition coefficient (Wildman–Crippen LogP) is 2.65. The van der Waals surface area contributed by atoms with Crippen LogP contribution in [-0.4, -0.2) is 41.2 Å². The van der Waals surface area contributed by atoms with Gasteiger partial charge in [0.25, 0.3) is 0 Å². The highest BCUT2D eigenvalue weighted by Crippen LogP contribution is 2.30. The third-order valence-corrected chi connectivity index (χ3v) is 4.38. The van der Waals surface area contributed by atoms with Crippen molar-refractivity contribution in [1.29, 1.82) is 0 Å². The molecule has 7 heteroatoms. The Morgan fingerprint density at radius 1 is 1.33 bits per heavy atom. The van der Waals surface area contributed by atoms with Crippen molar-refractivity contribution in [1.82, 2.24) is 15.3 Å². The number of halogens is 2. The van der Waals surface area contributed by atoms with E-state index in [-0.39, 0.29) is 31.1 Å². The lowest BCUT2D eigenvalue weighted by molar-refractivity contribution is -0.129. The number of piperidine rings is 1. The summed E-state index contributed by atoms with van der Waals surface area (Å²) in [6, 6.07) is 0. The minimum atomic E-state index is -1.46. The van der Waals surface area contributed by atoms with Crippen LogP contribution in [0.2, 0.25) is 0 Å². The fraction of sp³-hybridized carbons (Fsp3) is 0.706. The van der Waals surface area contributed by atoms with Gasteiger partial charge in [-0.25, -0.2) is 18.7 Å². The third-order valence-electron chi connectivity index (χ3n) is 4.38. The maximum absolute atomic E-state index is 14.9. The molecule has 0 spiro atoms. The smallest absolute Gasteiger partial charge is 0.225 e. The quantitative estimate of drug-likeness (QED) is 0.915. The minimum absolute atomic E-state index is 0.0105. The summed E-state index contributed by atoms with van der Waals surface area (Å²) >= 11 is 0. The maximum Gasteiger partial charge on any atom is 0.225 e. The van der Waals surface area contributed by atoms with E-state index in [2.05, 4.69) is 15.3 Å². The van der Waals surface area contributed by atoms with Crippen molar-refractivity contribution >= 4 is 11.7 Å². The standard InChI is InChI=1S/C17H26F2N4O/c1-5-12-13(18)14(22-11-21-12)23-8-6-17(19,7-9-23)10-20-15(24)16(2,3)4/h11H,5-10H2,1-4H3,(H,20,24). The number of aromatic nitrogens is 2. The molecule has 1 aliphatic rings. The van der Waals surface area contributed by atoms with E-state index in [4.69, 9.17) is 0 Å². The fourth-order valence-corrected chi connectivity index (χ4v) is 2.66. The second-order valence-corrected chi connectivity index (χ2v) is 7.38. The summed E-state index contributed by atoms with van der Waals surface area (Å²) in [7, 11) is 0. The molecule has 0 unspecified atom stereocenters. The number of aryl methyl sites for hydroxylation is 1. The average molecular weight is 340 g/mol. The Morgan fingerprint density at radius 2 is 1.96 bits per heavy atom. The summed E-state index contributed by atoms with van der Waals surface area (Å²) in [5.74, 6) is -0.355. The first-order valence-electron chi connectivity index (χ1n) is 8.38.